The number of hydrogen-bond donors (Lipinski definition) is 6. The van der Waals surface area contributed by atoms with Crippen LogP contribution in [0.2, 0.25) is 0 Å². The highest BCUT2D eigenvalue weighted by molar-refractivity contribution is 5.96. The number of carbonyl (C=O) groups excluding carboxylic acids is 1. The molecule has 0 spiro atoms. The van der Waals surface area contributed by atoms with Gasteiger partial charge in [0.15, 0.2) is 0 Å². The van der Waals surface area contributed by atoms with Crippen LogP contribution in [0.1, 0.15) is 47.8 Å². The number of phenols is 1. The molecule has 2 fully saturated rings. The van der Waals surface area contributed by atoms with Gasteiger partial charge in [0.25, 0.3) is 0 Å². The molecule has 48 heavy (non-hydrogen) atoms. The zero-order valence-corrected chi connectivity index (χ0v) is 26.2. The van der Waals surface area contributed by atoms with Gasteiger partial charge in [-0.2, -0.15) is 0 Å². The van der Waals surface area contributed by atoms with Crippen molar-refractivity contribution >= 4 is 11.7 Å². The lowest BCUT2D eigenvalue weighted by molar-refractivity contribution is -0.231. The summed E-state index contributed by atoms with van der Waals surface area (Å²) in [4.78, 5) is 17.0. The quantitative estimate of drug-likeness (QED) is 0.156. The minimum absolute atomic E-state index is 0.0244. The van der Waals surface area contributed by atoms with E-state index in [4.69, 9.17) is 4.74 Å². The summed E-state index contributed by atoms with van der Waals surface area (Å²) in [6.45, 7) is -0.523. The average molecular weight is 659 g/mol. The van der Waals surface area contributed by atoms with E-state index in [9.17, 15) is 39.8 Å². The van der Waals surface area contributed by atoms with Crippen LogP contribution < -0.4 is 4.90 Å². The summed E-state index contributed by atoms with van der Waals surface area (Å²) in [7, 11) is 1.70. The molecule has 0 aromatic heterocycles. The number of amides is 2. The van der Waals surface area contributed by atoms with Gasteiger partial charge in [0, 0.05) is 18.3 Å². The number of carbonyl (C=O) groups is 1. The van der Waals surface area contributed by atoms with Crippen molar-refractivity contribution in [2.45, 2.75) is 61.5 Å². The highest BCUT2D eigenvalue weighted by atomic mass is 19.1. The molecule has 6 rings (SSSR count). The Balaban J connectivity index is 1.27. The van der Waals surface area contributed by atoms with Crippen LogP contribution in [0.5, 0.6) is 5.75 Å². The van der Waals surface area contributed by atoms with Crippen LogP contribution in [0.4, 0.5) is 14.9 Å². The van der Waals surface area contributed by atoms with Crippen molar-refractivity contribution in [1.82, 2.24) is 4.90 Å². The largest absolute Gasteiger partial charge is 0.508 e. The molecule has 2 aliphatic heterocycles. The molecule has 0 radical (unpaired) electrons. The Morgan fingerprint density at radius 2 is 1.52 bits per heavy atom. The molecule has 2 aliphatic rings. The number of hydrogen-bond acceptors (Lipinski definition) is 8. The molecule has 2 amide bonds. The third-order valence-corrected chi connectivity index (χ3v) is 9.49. The van der Waals surface area contributed by atoms with Crippen LogP contribution in [0.3, 0.4) is 0 Å². The van der Waals surface area contributed by atoms with Crippen molar-refractivity contribution in [3.63, 3.8) is 0 Å². The molecular weight excluding hydrogens is 619 g/mol. The van der Waals surface area contributed by atoms with Crippen molar-refractivity contribution in [2.75, 3.05) is 18.6 Å². The smallest absolute Gasteiger partial charge is 0.325 e. The predicted octanol–water partition coefficient (Wildman–Crippen LogP) is 4.21. The highest BCUT2D eigenvalue weighted by Crippen LogP contribution is 2.44. The summed E-state index contributed by atoms with van der Waals surface area (Å²) in [6, 6.07) is 25.8. The Morgan fingerprint density at radius 3 is 2.17 bits per heavy atom. The van der Waals surface area contributed by atoms with E-state index in [1.165, 1.54) is 24.3 Å². The maximum atomic E-state index is 13.7. The third-order valence-electron chi connectivity index (χ3n) is 9.49. The lowest BCUT2D eigenvalue weighted by atomic mass is 9.89. The molecule has 4 aromatic rings. The fourth-order valence-electron chi connectivity index (χ4n) is 6.77. The van der Waals surface area contributed by atoms with E-state index in [1.54, 1.807) is 53.2 Å². The Bertz CT molecular complexity index is 1710. The molecule has 0 saturated carbocycles. The predicted molar refractivity (Wildman–Crippen MR) is 175 cm³/mol. The first-order valence-corrected chi connectivity index (χ1v) is 15.9. The number of phenolic OH excluding ortho intramolecular Hbond substituents is 1. The Hall–Kier alpha value is -4.36. The van der Waals surface area contributed by atoms with Crippen LogP contribution in [0.15, 0.2) is 97.1 Å². The number of nitrogens with zero attached hydrogens (tertiary/aromatic N) is 2. The van der Waals surface area contributed by atoms with E-state index in [-0.39, 0.29) is 11.8 Å². The minimum Gasteiger partial charge on any atom is -0.508 e. The summed E-state index contributed by atoms with van der Waals surface area (Å²) in [5.41, 5.74) is 3.72. The van der Waals surface area contributed by atoms with Crippen LogP contribution in [-0.2, 0) is 4.74 Å². The van der Waals surface area contributed by atoms with Crippen molar-refractivity contribution < 1.29 is 44.6 Å². The maximum Gasteiger partial charge on any atom is 0.325 e. The van der Waals surface area contributed by atoms with Gasteiger partial charge in [-0.25, -0.2) is 9.18 Å². The first-order valence-electron chi connectivity index (χ1n) is 15.9. The summed E-state index contributed by atoms with van der Waals surface area (Å²) in [6.07, 6.45) is -6.51. The van der Waals surface area contributed by atoms with Crippen LogP contribution >= 0.6 is 0 Å². The van der Waals surface area contributed by atoms with E-state index in [2.05, 4.69) is 0 Å². The van der Waals surface area contributed by atoms with Crippen molar-refractivity contribution in [1.29, 1.82) is 0 Å². The molecule has 8 atom stereocenters. The van der Waals surface area contributed by atoms with Crippen molar-refractivity contribution in [3.8, 4) is 16.9 Å². The molecule has 2 saturated heterocycles. The van der Waals surface area contributed by atoms with Gasteiger partial charge in [-0.1, -0.05) is 66.7 Å². The summed E-state index contributed by atoms with van der Waals surface area (Å²) < 4.78 is 19.1. The average Bonchev–Trinajstić information content (AvgIpc) is 3.35. The van der Waals surface area contributed by atoms with Crippen LogP contribution in [-0.4, -0.2) is 85.7 Å². The number of benzene rings is 4. The SMILES string of the molecule is CN1C(=O)N(c2ccccc2)C(c2ccc(-c3ccc(C4OC(CO)C(O)C(O)C4O)cc3)cc2O)C1CCC(O)c1ccc(F)cc1. The summed E-state index contributed by atoms with van der Waals surface area (Å²) >= 11 is 0. The van der Waals surface area contributed by atoms with Gasteiger partial charge in [-0.05, 0) is 65.4 Å². The normalized spacial score (nSPS) is 26.6. The van der Waals surface area contributed by atoms with Gasteiger partial charge in [-0.3, -0.25) is 4.90 Å². The second-order valence-electron chi connectivity index (χ2n) is 12.4. The number of para-hydroxylation sites is 1. The molecule has 11 heteroatoms. The number of anilines is 1. The fraction of sp³-hybridized carbons (Fsp3) is 0.324. The maximum absolute atomic E-state index is 13.7. The highest BCUT2D eigenvalue weighted by Gasteiger charge is 2.47. The standard InChI is InChI=1S/C37H39FN2O8/c1-39-28(17-18-29(42)22-11-14-25(38)15-12-22)32(40(37(39)47)26-5-3-2-4-6-26)27-16-13-24(19-30(27)43)21-7-9-23(10-8-21)36-35(46)34(45)33(44)31(20-41)48-36/h2-16,19,28-29,31-36,41-46H,17-18,20H2,1H3. The van der Waals surface area contributed by atoms with Gasteiger partial charge in [0.05, 0.1) is 24.8 Å². The second-order valence-corrected chi connectivity index (χ2v) is 12.4. The molecule has 10 nitrogen and oxygen atoms in total. The topological polar surface area (TPSA) is 154 Å². The van der Waals surface area contributed by atoms with Gasteiger partial charge < -0.3 is 40.3 Å². The van der Waals surface area contributed by atoms with Crippen LogP contribution in [0, 0.1) is 5.82 Å². The van der Waals surface area contributed by atoms with E-state index in [0.717, 1.165) is 5.56 Å². The van der Waals surface area contributed by atoms with Gasteiger partial charge in [0.1, 0.15) is 42.1 Å². The second kappa shape index (κ2) is 14.0. The molecule has 2 heterocycles. The number of likely N-dealkylation sites (N-methyl/N-ethyl adjacent to an activating group) is 1. The Labute approximate surface area is 277 Å². The number of aliphatic hydroxyl groups excluding tert-OH is 5. The number of ether oxygens (including phenoxy) is 1. The van der Waals surface area contributed by atoms with Crippen molar-refractivity contribution in [2.24, 2.45) is 0 Å². The lowest BCUT2D eigenvalue weighted by Crippen LogP contribution is -2.55. The summed E-state index contributed by atoms with van der Waals surface area (Å²) in [5, 5.41) is 62.8. The van der Waals surface area contributed by atoms with Gasteiger partial charge in [-0.15, -0.1) is 0 Å². The molecule has 4 aromatic carbocycles. The van der Waals surface area contributed by atoms with Crippen LogP contribution in [0.25, 0.3) is 11.1 Å². The van der Waals surface area contributed by atoms with Crippen molar-refractivity contribution in [3.05, 3.63) is 120 Å². The lowest BCUT2D eigenvalue weighted by Gasteiger charge is -2.40. The van der Waals surface area contributed by atoms with E-state index in [1.807, 2.05) is 36.4 Å². The number of rotatable bonds is 9. The monoisotopic (exact) mass is 658 g/mol. The number of urea groups is 1. The zero-order valence-electron chi connectivity index (χ0n) is 26.2. The van der Waals surface area contributed by atoms with Gasteiger partial charge >= 0.3 is 6.03 Å². The number of aliphatic hydroxyl groups is 5. The molecule has 252 valence electrons. The fourth-order valence-corrected chi connectivity index (χ4v) is 6.77. The first-order chi connectivity index (χ1) is 23.1. The molecule has 0 bridgehead atoms. The van der Waals surface area contributed by atoms with E-state index < -0.39 is 61.1 Å². The van der Waals surface area contributed by atoms with E-state index >= 15 is 0 Å². The number of aromatic hydroxyl groups is 1. The first kappa shape index (κ1) is 33.5. The van der Waals surface area contributed by atoms with Gasteiger partial charge in [0.2, 0.25) is 0 Å². The molecular formula is C37H39FN2O8. The molecule has 0 aliphatic carbocycles. The molecule has 6 N–H and O–H groups in total. The van der Waals surface area contributed by atoms with E-state index in [0.29, 0.717) is 40.8 Å². The molecule has 8 unspecified atom stereocenters. The minimum atomic E-state index is -1.49. The summed E-state index contributed by atoms with van der Waals surface area (Å²) in [5.74, 6) is -0.419. The zero-order chi connectivity index (χ0) is 34.1. The number of halogens is 1. The Morgan fingerprint density at radius 1 is 0.854 bits per heavy atom. The third kappa shape index (κ3) is 6.40. The Kier molecular flexibility index (Phi) is 9.79.